The van der Waals surface area contributed by atoms with Gasteiger partial charge >= 0.3 is 11.4 Å². The highest BCUT2D eigenvalue weighted by Gasteiger charge is 2.11. The molecule has 136 valence electrons. The van der Waals surface area contributed by atoms with Gasteiger partial charge in [-0.2, -0.15) is 4.21 Å². The van der Waals surface area contributed by atoms with Crippen LogP contribution in [0.5, 0.6) is 5.75 Å². The number of Topliss-reactive ketones (excluding diaryl/α,β-unsaturated/α-hetero) is 1. The summed E-state index contributed by atoms with van der Waals surface area (Å²) in [5.41, 5.74) is 0.458. The van der Waals surface area contributed by atoms with Gasteiger partial charge in [0.25, 0.3) is 0 Å². The first-order chi connectivity index (χ1) is 11.5. The molecule has 0 aliphatic carbocycles. The van der Waals surface area contributed by atoms with Crippen LogP contribution in [-0.4, -0.2) is 14.5 Å². The third kappa shape index (κ3) is 8.81. The van der Waals surface area contributed by atoms with Crippen molar-refractivity contribution in [1.82, 2.24) is 0 Å². The van der Waals surface area contributed by atoms with E-state index in [2.05, 4.69) is 11.1 Å². The second-order valence-electron chi connectivity index (χ2n) is 5.95. The van der Waals surface area contributed by atoms with Crippen LogP contribution in [0.3, 0.4) is 0 Å². The molecule has 1 unspecified atom stereocenters. The maximum atomic E-state index is 12.2. The summed E-state index contributed by atoms with van der Waals surface area (Å²) in [5.74, 6) is 0.0543. The molecule has 0 aliphatic heterocycles. The van der Waals surface area contributed by atoms with Gasteiger partial charge in [0.05, 0.1) is 5.02 Å². The van der Waals surface area contributed by atoms with Crippen LogP contribution in [0.4, 0.5) is 0 Å². The van der Waals surface area contributed by atoms with Crippen LogP contribution in [0.25, 0.3) is 0 Å². The second-order valence-corrected chi connectivity index (χ2v) is 6.96. The Morgan fingerprint density at radius 2 is 1.67 bits per heavy atom. The van der Waals surface area contributed by atoms with Crippen LogP contribution in [0, 0.1) is 0 Å². The topological polar surface area (TPSA) is 63.6 Å². The van der Waals surface area contributed by atoms with E-state index in [4.69, 9.17) is 16.2 Å². The van der Waals surface area contributed by atoms with Crippen molar-refractivity contribution in [2.75, 3.05) is 0 Å². The summed E-state index contributed by atoms with van der Waals surface area (Å²) in [7, 11) is 0. The molecule has 1 rings (SSSR count). The Bertz CT molecular complexity index is 534. The molecule has 0 amide bonds. The van der Waals surface area contributed by atoms with E-state index in [1.807, 2.05) is 0 Å². The van der Waals surface area contributed by atoms with E-state index in [9.17, 15) is 9.00 Å². The lowest BCUT2D eigenvalue weighted by atomic mass is 10.0. The van der Waals surface area contributed by atoms with Gasteiger partial charge in [-0.3, -0.25) is 9.35 Å². The van der Waals surface area contributed by atoms with E-state index in [1.54, 1.807) is 6.07 Å². The van der Waals surface area contributed by atoms with Gasteiger partial charge in [-0.05, 0) is 24.6 Å². The fourth-order valence-corrected chi connectivity index (χ4v) is 3.05. The van der Waals surface area contributed by atoms with Gasteiger partial charge in [0.15, 0.2) is 11.5 Å². The van der Waals surface area contributed by atoms with E-state index in [0.29, 0.717) is 12.0 Å². The Kier molecular flexibility index (Phi) is 11.0. The molecule has 0 bridgehead atoms. The van der Waals surface area contributed by atoms with Crippen molar-refractivity contribution >= 4 is 28.7 Å². The van der Waals surface area contributed by atoms with Crippen molar-refractivity contribution in [3.63, 3.8) is 0 Å². The molecular formula is C18H27ClO4S. The number of ketones is 1. The Labute approximate surface area is 152 Å². The second kappa shape index (κ2) is 12.5. The average Bonchev–Trinajstić information content (AvgIpc) is 2.54. The molecule has 1 N–H and O–H groups in total. The number of benzene rings is 1. The van der Waals surface area contributed by atoms with Crippen molar-refractivity contribution < 1.29 is 17.7 Å². The summed E-state index contributed by atoms with van der Waals surface area (Å²) < 4.78 is 24.1. The van der Waals surface area contributed by atoms with E-state index >= 15 is 0 Å². The predicted octanol–water partition coefficient (Wildman–Crippen LogP) is 5.96. The Hall–Kier alpha value is -0.910. The number of halogens is 1. The summed E-state index contributed by atoms with van der Waals surface area (Å²) in [5, 5.41) is 0.206. The Morgan fingerprint density at radius 3 is 2.25 bits per heavy atom. The highest BCUT2D eigenvalue weighted by Crippen LogP contribution is 2.27. The number of hydrogen-bond donors (Lipinski definition) is 1. The maximum Gasteiger partial charge on any atom is 0.357 e. The molecule has 0 aromatic heterocycles. The molecule has 0 saturated carbocycles. The van der Waals surface area contributed by atoms with Crippen LogP contribution in [0.2, 0.25) is 5.02 Å². The van der Waals surface area contributed by atoms with Crippen LogP contribution in [-0.2, 0) is 11.4 Å². The molecule has 1 atom stereocenters. The van der Waals surface area contributed by atoms with Crippen molar-refractivity contribution in [3.8, 4) is 5.75 Å². The molecule has 1 aromatic rings. The molecular weight excluding hydrogens is 348 g/mol. The fraction of sp³-hybridized carbons (Fsp3) is 0.611. The van der Waals surface area contributed by atoms with E-state index < -0.39 is 11.4 Å². The monoisotopic (exact) mass is 374 g/mol. The predicted molar refractivity (Wildman–Crippen MR) is 99.0 cm³/mol. The minimum absolute atomic E-state index is 0.00295. The van der Waals surface area contributed by atoms with E-state index in [1.165, 1.54) is 50.7 Å². The van der Waals surface area contributed by atoms with Gasteiger partial charge in [0.2, 0.25) is 0 Å². The zero-order valence-electron chi connectivity index (χ0n) is 14.3. The molecule has 1 aromatic carbocycles. The standard InChI is InChI=1S/C18H27ClO4S/c1-2-3-4-5-6-7-8-9-10-11-17(20)15-12-13-16(19)18(14-15)23-24(21)22/h12-14H,2-11H2,1H3,(H,21,22). The molecule has 24 heavy (non-hydrogen) atoms. The highest BCUT2D eigenvalue weighted by molar-refractivity contribution is 7.74. The molecule has 0 heterocycles. The molecule has 0 fully saturated rings. The van der Waals surface area contributed by atoms with Gasteiger partial charge in [-0.25, -0.2) is 0 Å². The first-order valence-corrected chi connectivity index (χ1v) is 10.1. The van der Waals surface area contributed by atoms with Crippen LogP contribution < -0.4 is 4.18 Å². The van der Waals surface area contributed by atoms with Gasteiger partial charge in [0, 0.05) is 12.0 Å². The summed E-state index contributed by atoms with van der Waals surface area (Å²) in [4.78, 5) is 12.2. The maximum absolute atomic E-state index is 12.2. The van der Waals surface area contributed by atoms with E-state index in [0.717, 1.165) is 19.3 Å². The van der Waals surface area contributed by atoms with Crippen molar-refractivity contribution in [1.29, 1.82) is 0 Å². The lowest BCUT2D eigenvalue weighted by molar-refractivity contribution is 0.0979. The molecule has 0 saturated heterocycles. The summed E-state index contributed by atoms with van der Waals surface area (Å²) in [6.07, 6.45) is 11.3. The normalized spacial score (nSPS) is 12.1. The summed E-state index contributed by atoms with van der Waals surface area (Å²) in [6.45, 7) is 2.22. The minimum atomic E-state index is -2.46. The highest BCUT2D eigenvalue weighted by atomic mass is 35.5. The molecule has 6 heteroatoms. The van der Waals surface area contributed by atoms with E-state index in [-0.39, 0.29) is 16.6 Å². The molecule has 0 aliphatic rings. The smallest absolute Gasteiger partial charge is 0.357 e. The van der Waals surface area contributed by atoms with Crippen molar-refractivity contribution in [2.45, 2.75) is 71.1 Å². The van der Waals surface area contributed by atoms with Crippen LogP contribution in [0.15, 0.2) is 18.2 Å². The zero-order chi connectivity index (χ0) is 17.8. The van der Waals surface area contributed by atoms with Gasteiger partial charge in [-0.15, -0.1) is 0 Å². The summed E-state index contributed by atoms with van der Waals surface area (Å²) in [6, 6.07) is 4.55. The number of hydrogen-bond acceptors (Lipinski definition) is 3. The van der Waals surface area contributed by atoms with Gasteiger partial charge in [0.1, 0.15) is 0 Å². The number of unbranched alkanes of at least 4 members (excludes halogenated alkanes) is 8. The lowest BCUT2D eigenvalue weighted by Crippen LogP contribution is -2.02. The first kappa shape index (κ1) is 21.1. The third-order valence-electron chi connectivity index (χ3n) is 3.92. The van der Waals surface area contributed by atoms with Crippen LogP contribution >= 0.6 is 11.6 Å². The SMILES string of the molecule is CCCCCCCCCCCC(=O)c1ccc(Cl)c(OS(=O)O)c1. The van der Waals surface area contributed by atoms with Gasteiger partial charge < -0.3 is 4.18 Å². The number of carbonyl (C=O) groups is 1. The average molecular weight is 375 g/mol. The van der Waals surface area contributed by atoms with Crippen LogP contribution in [0.1, 0.15) is 81.5 Å². The quantitative estimate of drug-likeness (QED) is 0.263. The molecule has 0 spiro atoms. The minimum Gasteiger partial charge on any atom is -0.379 e. The lowest BCUT2D eigenvalue weighted by Gasteiger charge is -2.06. The number of rotatable bonds is 13. The van der Waals surface area contributed by atoms with Crippen molar-refractivity contribution in [2.24, 2.45) is 0 Å². The number of carbonyl (C=O) groups excluding carboxylic acids is 1. The Balaban J connectivity index is 2.27. The first-order valence-electron chi connectivity index (χ1n) is 8.66. The Morgan fingerprint density at radius 1 is 1.08 bits per heavy atom. The van der Waals surface area contributed by atoms with Gasteiger partial charge in [-0.1, -0.05) is 69.9 Å². The molecule has 4 nitrogen and oxygen atoms in total. The zero-order valence-corrected chi connectivity index (χ0v) is 15.8. The fourth-order valence-electron chi connectivity index (χ4n) is 2.56. The van der Waals surface area contributed by atoms with Crippen molar-refractivity contribution in [3.05, 3.63) is 28.8 Å². The largest absolute Gasteiger partial charge is 0.379 e. The molecule has 0 radical (unpaired) electrons. The third-order valence-corrected chi connectivity index (χ3v) is 4.56. The summed E-state index contributed by atoms with van der Waals surface area (Å²) >= 11 is 3.41.